The summed E-state index contributed by atoms with van der Waals surface area (Å²) in [4.78, 5) is 17.4. The van der Waals surface area contributed by atoms with E-state index >= 15 is 0 Å². The van der Waals surface area contributed by atoms with Gasteiger partial charge in [-0.3, -0.25) is 9.69 Å². The molecule has 1 aliphatic heterocycles. The Bertz CT molecular complexity index is 409. The van der Waals surface area contributed by atoms with Crippen molar-refractivity contribution in [2.45, 2.75) is 65.1 Å². The summed E-state index contributed by atoms with van der Waals surface area (Å²) in [6, 6.07) is 0.480. The average molecular weight is 311 g/mol. The van der Waals surface area contributed by atoms with Gasteiger partial charge in [0.2, 0.25) is 5.91 Å². The van der Waals surface area contributed by atoms with Crippen LogP contribution in [0.4, 0.5) is 0 Å². The number of nitrogens with zero attached hydrogens (tertiary/aromatic N) is 2. The highest BCUT2D eigenvalue weighted by molar-refractivity contribution is 5.89. The third kappa shape index (κ3) is 2.68. The highest BCUT2D eigenvalue weighted by Crippen LogP contribution is 2.50. The Labute approximate surface area is 135 Å². The van der Waals surface area contributed by atoms with Crippen LogP contribution in [0, 0.1) is 5.41 Å². The lowest BCUT2D eigenvalue weighted by atomic mass is 9.54. The van der Waals surface area contributed by atoms with E-state index in [0.717, 1.165) is 32.6 Å². The molecule has 1 saturated carbocycles. The van der Waals surface area contributed by atoms with Crippen molar-refractivity contribution in [2.75, 3.05) is 32.8 Å². The van der Waals surface area contributed by atoms with Crippen molar-refractivity contribution in [3.8, 4) is 0 Å². The lowest BCUT2D eigenvalue weighted by Crippen LogP contribution is -2.76. The lowest BCUT2D eigenvalue weighted by molar-refractivity contribution is -0.178. The summed E-state index contributed by atoms with van der Waals surface area (Å²) in [6.07, 6.45) is 1.78. The number of hydrogen-bond donors (Lipinski definition) is 1. The molecule has 2 N–H and O–H groups in total. The Hall–Kier alpha value is -0.650. The quantitative estimate of drug-likeness (QED) is 0.807. The topological polar surface area (TPSA) is 58.8 Å². The maximum Gasteiger partial charge on any atom is 0.243 e. The van der Waals surface area contributed by atoms with Crippen LogP contribution in [0.2, 0.25) is 0 Å². The van der Waals surface area contributed by atoms with Gasteiger partial charge in [0.1, 0.15) is 5.54 Å². The normalized spacial score (nSPS) is 34.0. The van der Waals surface area contributed by atoms with Crippen LogP contribution in [-0.4, -0.2) is 66.2 Å². The SMILES string of the molecule is CCOC1CC(N)(C(=O)N2CCC(N(CC)CC)C2)C1(C)C. The zero-order chi connectivity index (χ0) is 16.5. The smallest absolute Gasteiger partial charge is 0.243 e. The van der Waals surface area contributed by atoms with Crippen molar-refractivity contribution in [2.24, 2.45) is 11.1 Å². The second-order valence-corrected chi connectivity index (χ2v) is 7.26. The second-order valence-electron chi connectivity index (χ2n) is 7.26. The number of carbonyl (C=O) groups excluding carboxylic acids is 1. The summed E-state index contributed by atoms with van der Waals surface area (Å²) in [5.41, 5.74) is 5.46. The summed E-state index contributed by atoms with van der Waals surface area (Å²) in [5, 5.41) is 0. The number of ether oxygens (including phenoxy) is 1. The summed E-state index contributed by atoms with van der Waals surface area (Å²) < 4.78 is 5.74. The van der Waals surface area contributed by atoms with E-state index in [2.05, 4.69) is 32.6 Å². The highest BCUT2D eigenvalue weighted by atomic mass is 16.5. The number of nitrogens with two attached hydrogens (primary N) is 1. The van der Waals surface area contributed by atoms with Crippen LogP contribution in [0.25, 0.3) is 0 Å². The Balaban J connectivity index is 2.01. The van der Waals surface area contributed by atoms with Crippen LogP contribution in [-0.2, 0) is 9.53 Å². The predicted molar refractivity (Wildman–Crippen MR) is 88.6 cm³/mol. The molecule has 2 aliphatic rings. The number of amides is 1. The Morgan fingerprint density at radius 1 is 1.32 bits per heavy atom. The van der Waals surface area contributed by atoms with E-state index in [9.17, 15) is 4.79 Å². The molecule has 0 radical (unpaired) electrons. The van der Waals surface area contributed by atoms with Crippen molar-refractivity contribution in [3.63, 3.8) is 0 Å². The molecule has 22 heavy (non-hydrogen) atoms. The molecule has 0 spiro atoms. The van der Waals surface area contributed by atoms with Gasteiger partial charge in [-0.25, -0.2) is 0 Å². The molecule has 0 bridgehead atoms. The largest absolute Gasteiger partial charge is 0.378 e. The van der Waals surface area contributed by atoms with Crippen LogP contribution in [0.1, 0.15) is 47.5 Å². The molecule has 128 valence electrons. The van der Waals surface area contributed by atoms with Gasteiger partial charge in [-0.2, -0.15) is 0 Å². The van der Waals surface area contributed by atoms with E-state index in [4.69, 9.17) is 10.5 Å². The molecule has 1 saturated heterocycles. The number of rotatable bonds is 6. The highest BCUT2D eigenvalue weighted by Gasteiger charge is 2.64. The maximum absolute atomic E-state index is 13.0. The molecule has 1 amide bonds. The minimum absolute atomic E-state index is 0.0904. The number of carbonyl (C=O) groups is 1. The zero-order valence-electron chi connectivity index (χ0n) is 14.9. The summed E-state index contributed by atoms with van der Waals surface area (Å²) in [6.45, 7) is 14.9. The molecule has 5 heteroatoms. The summed E-state index contributed by atoms with van der Waals surface area (Å²) >= 11 is 0. The lowest BCUT2D eigenvalue weighted by Gasteiger charge is -2.58. The third-order valence-corrected chi connectivity index (χ3v) is 5.99. The van der Waals surface area contributed by atoms with Crippen LogP contribution in [0.15, 0.2) is 0 Å². The standard InChI is InChI=1S/C17H33N3O2/c1-6-19(7-2)13-9-10-20(12-13)15(21)17(18)11-14(22-8-3)16(17,4)5/h13-14H,6-12,18H2,1-5H3. The molecule has 3 unspecified atom stereocenters. The van der Waals surface area contributed by atoms with Gasteiger partial charge in [0.25, 0.3) is 0 Å². The monoisotopic (exact) mass is 311 g/mol. The first kappa shape index (κ1) is 17.7. The molecule has 1 aliphatic carbocycles. The molecule has 5 nitrogen and oxygen atoms in total. The Morgan fingerprint density at radius 3 is 2.45 bits per heavy atom. The van der Waals surface area contributed by atoms with Crippen molar-refractivity contribution < 1.29 is 9.53 Å². The van der Waals surface area contributed by atoms with Crippen molar-refractivity contribution in [1.82, 2.24) is 9.80 Å². The van der Waals surface area contributed by atoms with Crippen LogP contribution < -0.4 is 5.73 Å². The maximum atomic E-state index is 13.0. The van der Waals surface area contributed by atoms with Gasteiger partial charge >= 0.3 is 0 Å². The van der Waals surface area contributed by atoms with E-state index in [-0.39, 0.29) is 17.4 Å². The zero-order valence-corrected chi connectivity index (χ0v) is 14.9. The van der Waals surface area contributed by atoms with Gasteiger partial charge in [-0.05, 0) is 26.4 Å². The van der Waals surface area contributed by atoms with Gasteiger partial charge in [0.05, 0.1) is 6.10 Å². The Morgan fingerprint density at radius 2 is 1.95 bits per heavy atom. The first-order valence-electron chi connectivity index (χ1n) is 8.75. The van der Waals surface area contributed by atoms with E-state index in [1.807, 2.05) is 11.8 Å². The molecule has 0 aromatic rings. The first-order chi connectivity index (χ1) is 10.3. The minimum Gasteiger partial charge on any atom is -0.378 e. The minimum atomic E-state index is -0.773. The molecule has 1 heterocycles. The van der Waals surface area contributed by atoms with Gasteiger partial charge in [-0.15, -0.1) is 0 Å². The molecular weight excluding hydrogens is 278 g/mol. The number of likely N-dealkylation sites (tertiary alicyclic amines) is 1. The van der Waals surface area contributed by atoms with Gasteiger partial charge in [-0.1, -0.05) is 27.7 Å². The molecule has 2 rings (SSSR count). The fourth-order valence-electron chi connectivity index (χ4n) is 4.04. The van der Waals surface area contributed by atoms with E-state index < -0.39 is 5.54 Å². The molecule has 2 fully saturated rings. The fraction of sp³-hybridized carbons (Fsp3) is 0.941. The van der Waals surface area contributed by atoms with E-state index in [1.165, 1.54) is 0 Å². The summed E-state index contributed by atoms with van der Waals surface area (Å²) in [7, 11) is 0. The molecular formula is C17H33N3O2. The van der Waals surface area contributed by atoms with Crippen molar-refractivity contribution in [3.05, 3.63) is 0 Å². The first-order valence-corrected chi connectivity index (χ1v) is 8.75. The van der Waals surface area contributed by atoms with E-state index in [1.54, 1.807) is 0 Å². The Kier molecular flexibility index (Phi) is 5.20. The van der Waals surface area contributed by atoms with Gasteiger partial charge < -0.3 is 15.4 Å². The second kappa shape index (κ2) is 6.46. The van der Waals surface area contributed by atoms with Gasteiger partial charge in [0, 0.05) is 37.6 Å². The van der Waals surface area contributed by atoms with E-state index in [0.29, 0.717) is 19.1 Å². The molecule has 0 aromatic carbocycles. The van der Waals surface area contributed by atoms with Crippen LogP contribution >= 0.6 is 0 Å². The van der Waals surface area contributed by atoms with Gasteiger partial charge in [0.15, 0.2) is 0 Å². The van der Waals surface area contributed by atoms with Crippen molar-refractivity contribution >= 4 is 5.91 Å². The third-order valence-electron chi connectivity index (χ3n) is 5.99. The number of likely N-dealkylation sites (N-methyl/N-ethyl adjacent to an activating group) is 1. The van der Waals surface area contributed by atoms with Crippen LogP contribution in [0.3, 0.4) is 0 Å². The molecule has 0 aromatic heterocycles. The van der Waals surface area contributed by atoms with Crippen molar-refractivity contribution in [1.29, 1.82) is 0 Å². The summed E-state index contributed by atoms with van der Waals surface area (Å²) in [5.74, 6) is 0.114. The average Bonchev–Trinajstić information content (AvgIpc) is 2.97. The number of hydrogen-bond acceptors (Lipinski definition) is 4. The molecule has 3 atom stereocenters. The fourth-order valence-corrected chi connectivity index (χ4v) is 4.04. The predicted octanol–water partition coefficient (Wildman–Crippen LogP) is 1.46. The van der Waals surface area contributed by atoms with Crippen LogP contribution in [0.5, 0.6) is 0 Å².